The van der Waals surface area contributed by atoms with Crippen LogP contribution in [0.25, 0.3) is 21.3 Å². The second-order valence-electron chi connectivity index (χ2n) is 7.89. The van der Waals surface area contributed by atoms with Gasteiger partial charge in [0, 0.05) is 11.1 Å². The highest BCUT2D eigenvalue weighted by Gasteiger charge is 2.26. The SMILES string of the molecule is COc1cccc(-c2nnc(NC(=O)C(NC(=O)c3ccc4ccccc4c3)C(C)C)s2)c1. The maximum Gasteiger partial charge on any atom is 0.251 e. The molecule has 0 aliphatic rings. The molecule has 0 aliphatic carbocycles. The Labute approximate surface area is 195 Å². The number of anilines is 1. The van der Waals surface area contributed by atoms with Crippen molar-refractivity contribution in [1.82, 2.24) is 15.5 Å². The molecule has 168 valence electrons. The molecule has 0 fully saturated rings. The molecular weight excluding hydrogens is 436 g/mol. The van der Waals surface area contributed by atoms with Crippen molar-refractivity contribution in [2.24, 2.45) is 5.92 Å². The lowest BCUT2D eigenvalue weighted by Gasteiger charge is -2.21. The molecule has 0 saturated carbocycles. The van der Waals surface area contributed by atoms with Crippen molar-refractivity contribution in [3.63, 3.8) is 0 Å². The average molecular weight is 461 g/mol. The molecule has 0 radical (unpaired) electrons. The number of hydrogen-bond acceptors (Lipinski definition) is 6. The molecule has 1 heterocycles. The minimum atomic E-state index is -0.729. The first-order valence-electron chi connectivity index (χ1n) is 10.5. The molecule has 2 amide bonds. The van der Waals surface area contributed by atoms with E-state index in [-0.39, 0.29) is 17.7 Å². The second-order valence-corrected chi connectivity index (χ2v) is 8.87. The van der Waals surface area contributed by atoms with Gasteiger partial charge < -0.3 is 10.1 Å². The summed E-state index contributed by atoms with van der Waals surface area (Å²) in [5.74, 6) is -0.0545. The molecule has 3 aromatic carbocycles. The Hall–Kier alpha value is -3.78. The largest absolute Gasteiger partial charge is 0.497 e. The summed E-state index contributed by atoms with van der Waals surface area (Å²) < 4.78 is 5.25. The molecule has 0 aliphatic heterocycles. The van der Waals surface area contributed by atoms with Crippen LogP contribution in [0.3, 0.4) is 0 Å². The predicted octanol–water partition coefficient (Wildman–Crippen LogP) is 4.76. The van der Waals surface area contributed by atoms with E-state index in [1.54, 1.807) is 13.2 Å². The van der Waals surface area contributed by atoms with Gasteiger partial charge >= 0.3 is 0 Å². The standard InChI is InChI=1S/C25H24N4O3S/c1-15(2)21(26-22(30)18-12-11-16-7-4-5-8-17(16)13-18)23(31)27-25-29-28-24(33-25)19-9-6-10-20(14-19)32-3/h4-15,21H,1-3H3,(H,26,30)(H,27,29,31). The lowest BCUT2D eigenvalue weighted by molar-refractivity contribution is -0.118. The summed E-state index contributed by atoms with van der Waals surface area (Å²) in [6, 6.07) is 20.0. The maximum absolute atomic E-state index is 13.0. The summed E-state index contributed by atoms with van der Waals surface area (Å²) in [4.78, 5) is 25.9. The van der Waals surface area contributed by atoms with Gasteiger partial charge in [-0.15, -0.1) is 10.2 Å². The zero-order valence-electron chi connectivity index (χ0n) is 18.5. The first-order valence-corrected chi connectivity index (χ1v) is 11.3. The normalized spacial score (nSPS) is 11.9. The number of carbonyl (C=O) groups is 2. The molecule has 0 saturated heterocycles. The molecule has 7 nitrogen and oxygen atoms in total. The van der Waals surface area contributed by atoms with E-state index in [0.717, 1.165) is 16.3 Å². The second kappa shape index (κ2) is 9.79. The number of rotatable bonds is 7. The lowest BCUT2D eigenvalue weighted by Crippen LogP contribution is -2.47. The first-order chi connectivity index (χ1) is 15.9. The Bertz CT molecular complexity index is 1300. The molecule has 1 aromatic heterocycles. The van der Waals surface area contributed by atoms with E-state index in [2.05, 4.69) is 20.8 Å². The number of methoxy groups -OCH3 is 1. The van der Waals surface area contributed by atoms with Gasteiger partial charge in [0.2, 0.25) is 11.0 Å². The van der Waals surface area contributed by atoms with Crippen LogP contribution in [0.1, 0.15) is 24.2 Å². The molecule has 2 N–H and O–H groups in total. The van der Waals surface area contributed by atoms with Crippen LogP contribution in [0.2, 0.25) is 0 Å². The van der Waals surface area contributed by atoms with E-state index in [4.69, 9.17) is 4.74 Å². The fourth-order valence-electron chi connectivity index (χ4n) is 3.42. The zero-order chi connectivity index (χ0) is 23.4. The van der Waals surface area contributed by atoms with Crippen LogP contribution >= 0.6 is 11.3 Å². The first kappa shape index (κ1) is 22.4. The van der Waals surface area contributed by atoms with Crippen LogP contribution < -0.4 is 15.4 Å². The monoisotopic (exact) mass is 460 g/mol. The summed E-state index contributed by atoms with van der Waals surface area (Å²) in [6.45, 7) is 3.76. The number of amides is 2. The molecule has 4 rings (SSSR count). The Morgan fingerprint density at radius 1 is 0.939 bits per heavy atom. The Balaban J connectivity index is 1.47. The molecule has 1 unspecified atom stereocenters. The van der Waals surface area contributed by atoms with Gasteiger partial charge in [-0.25, -0.2) is 0 Å². The summed E-state index contributed by atoms with van der Waals surface area (Å²) in [5, 5.41) is 16.9. The number of hydrogen-bond donors (Lipinski definition) is 2. The summed E-state index contributed by atoms with van der Waals surface area (Å²) >= 11 is 1.26. The van der Waals surface area contributed by atoms with Gasteiger partial charge in [-0.2, -0.15) is 0 Å². The van der Waals surface area contributed by atoms with Crippen molar-refractivity contribution in [3.05, 3.63) is 72.3 Å². The smallest absolute Gasteiger partial charge is 0.251 e. The Kier molecular flexibility index (Phi) is 6.65. The van der Waals surface area contributed by atoms with Crippen molar-refractivity contribution >= 4 is 39.1 Å². The van der Waals surface area contributed by atoms with Gasteiger partial charge in [0.05, 0.1) is 7.11 Å². The van der Waals surface area contributed by atoms with E-state index < -0.39 is 6.04 Å². The fourth-order valence-corrected chi connectivity index (χ4v) is 4.16. The predicted molar refractivity (Wildman–Crippen MR) is 131 cm³/mol. The third-order valence-corrected chi connectivity index (χ3v) is 6.11. The topological polar surface area (TPSA) is 93.2 Å². The Morgan fingerprint density at radius 3 is 2.48 bits per heavy atom. The number of fused-ring (bicyclic) bond motifs is 1. The fraction of sp³-hybridized carbons (Fsp3) is 0.200. The van der Waals surface area contributed by atoms with Crippen LogP contribution in [-0.4, -0.2) is 35.2 Å². The molecule has 0 bridgehead atoms. The Morgan fingerprint density at radius 2 is 1.73 bits per heavy atom. The van der Waals surface area contributed by atoms with Gasteiger partial charge in [-0.3, -0.25) is 14.9 Å². The highest BCUT2D eigenvalue weighted by Crippen LogP contribution is 2.29. The molecule has 1 atom stereocenters. The number of carbonyl (C=O) groups excluding carboxylic acids is 2. The van der Waals surface area contributed by atoms with E-state index in [1.807, 2.05) is 74.5 Å². The molecule has 8 heteroatoms. The summed E-state index contributed by atoms with van der Waals surface area (Å²) in [7, 11) is 1.60. The molecule has 0 spiro atoms. The van der Waals surface area contributed by atoms with Crippen LogP contribution in [0.15, 0.2) is 66.7 Å². The van der Waals surface area contributed by atoms with Crippen molar-refractivity contribution < 1.29 is 14.3 Å². The summed E-state index contributed by atoms with van der Waals surface area (Å²) in [5.41, 5.74) is 1.35. The zero-order valence-corrected chi connectivity index (χ0v) is 19.3. The van der Waals surface area contributed by atoms with Crippen molar-refractivity contribution in [2.75, 3.05) is 12.4 Å². The van der Waals surface area contributed by atoms with Gasteiger partial charge in [0.25, 0.3) is 5.91 Å². The quantitative estimate of drug-likeness (QED) is 0.415. The highest BCUT2D eigenvalue weighted by atomic mass is 32.1. The third kappa shape index (κ3) is 5.18. The summed E-state index contributed by atoms with van der Waals surface area (Å²) in [6.07, 6.45) is 0. The van der Waals surface area contributed by atoms with Gasteiger partial charge in [0.15, 0.2) is 0 Å². The van der Waals surface area contributed by atoms with Crippen LogP contribution in [-0.2, 0) is 4.79 Å². The van der Waals surface area contributed by atoms with Crippen molar-refractivity contribution in [1.29, 1.82) is 0 Å². The minimum absolute atomic E-state index is 0.125. The van der Waals surface area contributed by atoms with E-state index in [9.17, 15) is 9.59 Å². The van der Waals surface area contributed by atoms with Gasteiger partial charge in [0.1, 0.15) is 16.8 Å². The minimum Gasteiger partial charge on any atom is -0.497 e. The average Bonchev–Trinajstić information content (AvgIpc) is 3.30. The maximum atomic E-state index is 13.0. The number of aromatic nitrogens is 2. The van der Waals surface area contributed by atoms with Crippen LogP contribution in [0.4, 0.5) is 5.13 Å². The lowest BCUT2D eigenvalue weighted by atomic mass is 10.0. The number of ether oxygens (including phenoxy) is 1. The van der Waals surface area contributed by atoms with Gasteiger partial charge in [-0.05, 0) is 41.0 Å². The third-order valence-electron chi connectivity index (χ3n) is 5.22. The van der Waals surface area contributed by atoms with Crippen molar-refractivity contribution in [2.45, 2.75) is 19.9 Å². The molecular formula is C25H24N4O3S. The highest BCUT2D eigenvalue weighted by molar-refractivity contribution is 7.18. The van der Waals surface area contributed by atoms with E-state index >= 15 is 0 Å². The van der Waals surface area contributed by atoms with E-state index in [0.29, 0.717) is 21.5 Å². The molecule has 4 aromatic rings. The van der Waals surface area contributed by atoms with Crippen LogP contribution in [0.5, 0.6) is 5.75 Å². The van der Waals surface area contributed by atoms with Gasteiger partial charge in [-0.1, -0.05) is 67.6 Å². The van der Waals surface area contributed by atoms with Crippen molar-refractivity contribution in [3.8, 4) is 16.3 Å². The number of nitrogens with zero attached hydrogens (tertiary/aromatic N) is 2. The van der Waals surface area contributed by atoms with Crippen LogP contribution in [0, 0.1) is 5.92 Å². The van der Waals surface area contributed by atoms with E-state index in [1.165, 1.54) is 11.3 Å². The number of nitrogens with one attached hydrogen (secondary N) is 2. The number of benzene rings is 3. The molecule has 33 heavy (non-hydrogen) atoms.